The summed E-state index contributed by atoms with van der Waals surface area (Å²) in [5.41, 5.74) is 3.49. The van der Waals surface area contributed by atoms with E-state index in [-0.39, 0.29) is 18.1 Å². The van der Waals surface area contributed by atoms with Crippen LogP contribution in [0.15, 0.2) is 60.8 Å². The van der Waals surface area contributed by atoms with E-state index in [0.717, 1.165) is 29.1 Å². The van der Waals surface area contributed by atoms with Crippen molar-refractivity contribution in [3.05, 3.63) is 71.9 Å². The van der Waals surface area contributed by atoms with Crippen LogP contribution < -0.4 is 5.32 Å². The van der Waals surface area contributed by atoms with Crippen LogP contribution in [0.1, 0.15) is 49.5 Å². The summed E-state index contributed by atoms with van der Waals surface area (Å²) in [5, 5.41) is 3.25. The number of fused-ring (bicyclic) bond motifs is 1. The molecule has 1 heterocycles. The lowest BCUT2D eigenvalue weighted by Crippen LogP contribution is -2.30. The molecule has 0 radical (unpaired) electrons. The Labute approximate surface area is 195 Å². The molecule has 3 rings (SSSR count). The van der Waals surface area contributed by atoms with E-state index >= 15 is 0 Å². The zero-order chi connectivity index (χ0) is 24.1. The maximum absolute atomic E-state index is 12.8. The third-order valence-corrected chi connectivity index (χ3v) is 6.40. The molecule has 0 saturated carbocycles. The Bertz CT molecular complexity index is 1170. The second kappa shape index (κ2) is 10.3. The Kier molecular flexibility index (Phi) is 7.71. The molecule has 2 aromatic carbocycles. The second-order valence-electron chi connectivity index (χ2n) is 8.48. The average molecular weight is 472 g/mol. The molecular formula is C25H31N2O5S+. The predicted octanol–water partition coefficient (Wildman–Crippen LogP) is 4.53. The molecule has 1 aliphatic rings. The minimum Gasteiger partial charge on any atom is -0.462 e. The Hall–Kier alpha value is -2.97. The van der Waals surface area contributed by atoms with Gasteiger partial charge >= 0.3 is 5.97 Å². The van der Waals surface area contributed by atoms with E-state index in [9.17, 15) is 17.8 Å². The van der Waals surface area contributed by atoms with Gasteiger partial charge in [-0.1, -0.05) is 31.2 Å². The Morgan fingerprint density at radius 3 is 2.55 bits per heavy atom. The molecule has 0 fully saturated rings. The number of anilines is 1. The fourth-order valence-electron chi connectivity index (χ4n) is 4.16. The van der Waals surface area contributed by atoms with Crippen molar-refractivity contribution in [1.29, 1.82) is 0 Å². The smallest absolute Gasteiger partial charge is 0.338 e. The largest absolute Gasteiger partial charge is 0.462 e. The topological polar surface area (TPSA) is 95.7 Å². The minimum absolute atomic E-state index is 0.238. The number of carbonyl (C=O) groups excluding carboxylic acids is 1. The molecule has 176 valence electrons. The molecule has 7 nitrogen and oxygen atoms in total. The highest BCUT2D eigenvalue weighted by molar-refractivity contribution is 7.85. The summed E-state index contributed by atoms with van der Waals surface area (Å²) < 4.78 is 39.2. The number of ether oxygens (including phenoxy) is 1. The number of nitrogens with zero attached hydrogens (tertiary/aromatic N) is 1. The molecule has 0 saturated heterocycles. The van der Waals surface area contributed by atoms with E-state index in [1.54, 1.807) is 6.07 Å². The zero-order valence-electron chi connectivity index (χ0n) is 19.2. The van der Waals surface area contributed by atoms with Gasteiger partial charge in [-0.25, -0.2) is 4.79 Å². The SMILES string of the molecule is CCCOC(=O)c1cccc2c1C(C)(C)C(/C=C/Nc1ccccc1)=[N+]2CCCS(=O)(=O)O. The molecule has 0 spiro atoms. The fourth-order valence-corrected chi connectivity index (χ4v) is 4.65. The highest BCUT2D eigenvalue weighted by Gasteiger charge is 2.47. The van der Waals surface area contributed by atoms with Gasteiger partial charge in [-0.3, -0.25) is 4.55 Å². The summed E-state index contributed by atoms with van der Waals surface area (Å²) in [4.78, 5) is 12.8. The van der Waals surface area contributed by atoms with Crippen molar-refractivity contribution < 1.29 is 27.1 Å². The van der Waals surface area contributed by atoms with E-state index in [1.165, 1.54) is 0 Å². The molecule has 8 heteroatoms. The number of nitrogens with one attached hydrogen (secondary N) is 1. The summed E-state index contributed by atoms with van der Waals surface area (Å²) in [6, 6.07) is 15.2. The molecule has 0 aromatic heterocycles. The molecule has 0 unspecified atom stereocenters. The maximum Gasteiger partial charge on any atom is 0.338 e. The van der Waals surface area contributed by atoms with Crippen LogP contribution in [0.25, 0.3) is 0 Å². The van der Waals surface area contributed by atoms with Crippen LogP contribution in [0.3, 0.4) is 0 Å². The molecule has 1 aliphatic heterocycles. The molecule has 0 amide bonds. The normalized spacial score (nSPS) is 15.0. The first-order chi connectivity index (χ1) is 15.6. The lowest BCUT2D eigenvalue weighted by atomic mass is 9.79. The van der Waals surface area contributed by atoms with Gasteiger partial charge in [-0.2, -0.15) is 13.0 Å². The average Bonchev–Trinajstić information content (AvgIpc) is 2.98. The Morgan fingerprint density at radius 1 is 1.15 bits per heavy atom. The zero-order valence-corrected chi connectivity index (χ0v) is 20.1. The molecule has 0 atom stereocenters. The lowest BCUT2D eigenvalue weighted by molar-refractivity contribution is -0.437. The number of hydrogen-bond acceptors (Lipinski definition) is 5. The predicted molar refractivity (Wildman–Crippen MR) is 130 cm³/mol. The number of benzene rings is 2. The third-order valence-electron chi connectivity index (χ3n) is 5.60. The molecule has 0 bridgehead atoms. The first-order valence-electron chi connectivity index (χ1n) is 11.0. The Morgan fingerprint density at radius 2 is 1.88 bits per heavy atom. The molecule has 33 heavy (non-hydrogen) atoms. The van der Waals surface area contributed by atoms with Crippen LogP contribution in [0, 0.1) is 0 Å². The molecule has 2 aromatic rings. The van der Waals surface area contributed by atoms with Crippen molar-refractivity contribution in [2.24, 2.45) is 0 Å². The summed E-state index contributed by atoms with van der Waals surface area (Å²) >= 11 is 0. The lowest BCUT2D eigenvalue weighted by Gasteiger charge is -2.18. The number of hydrogen-bond donors (Lipinski definition) is 2. The van der Waals surface area contributed by atoms with Gasteiger partial charge in [0.1, 0.15) is 6.54 Å². The number of para-hydroxylation sites is 1. The van der Waals surface area contributed by atoms with Gasteiger partial charge in [-0.15, -0.1) is 0 Å². The highest BCUT2D eigenvalue weighted by Crippen LogP contribution is 2.42. The van der Waals surface area contributed by atoms with Crippen molar-refractivity contribution in [2.75, 3.05) is 24.2 Å². The van der Waals surface area contributed by atoms with Crippen LogP contribution in [-0.2, 0) is 20.3 Å². The van der Waals surface area contributed by atoms with E-state index in [0.29, 0.717) is 18.7 Å². The van der Waals surface area contributed by atoms with Crippen molar-refractivity contribution in [3.63, 3.8) is 0 Å². The standard InChI is InChI=1S/C25H30N2O5S/c1-4-17-32-24(28)20-12-8-13-21-23(20)25(2,3)22(27(21)16-9-18-33(29,30)31)14-15-26-19-10-6-5-7-11-19/h5-8,10-15H,4,9,16-18H2,1-3H3,(H,29,30,31)/p+1. The van der Waals surface area contributed by atoms with Crippen LogP contribution in [0.2, 0.25) is 0 Å². The molecular weight excluding hydrogens is 440 g/mol. The van der Waals surface area contributed by atoms with Crippen LogP contribution >= 0.6 is 0 Å². The van der Waals surface area contributed by atoms with Crippen molar-refractivity contribution in [1.82, 2.24) is 0 Å². The van der Waals surface area contributed by atoms with Crippen molar-refractivity contribution >= 4 is 33.2 Å². The summed E-state index contributed by atoms with van der Waals surface area (Å²) in [5.74, 6) is -0.705. The van der Waals surface area contributed by atoms with Crippen LogP contribution in [0.4, 0.5) is 11.4 Å². The van der Waals surface area contributed by atoms with E-state index in [4.69, 9.17) is 4.74 Å². The van der Waals surface area contributed by atoms with Crippen LogP contribution in [-0.4, -0.2) is 48.1 Å². The van der Waals surface area contributed by atoms with Crippen LogP contribution in [0.5, 0.6) is 0 Å². The minimum atomic E-state index is -4.06. The first-order valence-corrected chi connectivity index (χ1v) is 12.6. The molecule has 2 N–H and O–H groups in total. The van der Waals surface area contributed by atoms with E-state index in [1.807, 2.05) is 80.1 Å². The summed E-state index contributed by atoms with van der Waals surface area (Å²) in [7, 11) is -4.06. The van der Waals surface area contributed by atoms with Gasteiger partial charge < -0.3 is 10.1 Å². The van der Waals surface area contributed by atoms with Gasteiger partial charge in [0.25, 0.3) is 10.1 Å². The Balaban J connectivity index is 2.01. The van der Waals surface area contributed by atoms with Crippen molar-refractivity contribution in [2.45, 2.75) is 39.0 Å². The maximum atomic E-state index is 12.8. The monoisotopic (exact) mass is 471 g/mol. The summed E-state index contributed by atoms with van der Waals surface area (Å²) in [6.45, 7) is 6.73. The molecule has 0 aliphatic carbocycles. The first kappa shape index (κ1) is 24.7. The number of rotatable bonds is 10. The summed E-state index contributed by atoms with van der Waals surface area (Å²) in [6.07, 6.45) is 4.75. The van der Waals surface area contributed by atoms with Crippen molar-refractivity contribution in [3.8, 4) is 0 Å². The number of esters is 1. The quantitative estimate of drug-likeness (QED) is 0.300. The van der Waals surface area contributed by atoms with Gasteiger partial charge in [-0.05, 0) is 38.5 Å². The van der Waals surface area contributed by atoms with E-state index in [2.05, 4.69) is 5.32 Å². The number of carbonyl (C=O) groups is 1. The fraction of sp³-hybridized carbons (Fsp3) is 0.360. The van der Waals surface area contributed by atoms with Gasteiger partial charge in [0, 0.05) is 30.5 Å². The van der Waals surface area contributed by atoms with Gasteiger partial charge in [0.15, 0.2) is 5.71 Å². The van der Waals surface area contributed by atoms with Gasteiger partial charge in [0.2, 0.25) is 5.69 Å². The highest BCUT2D eigenvalue weighted by atomic mass is 32.2. The second-order valence-corrected chi connectivity index (χ2v) is 10.1. The van der Waals surface area contributed by atoms with E-state index < -0.39 is 15.5 Å². The third kappa shape index (κ3) is 5.89. The number of allylic oxidation sites excluding steroid dienone is 1. The van der Waals surface area contributed by atoms with Gasteiger partial charge in [0.05, 0.1) is 28.9 Å².